The lowest BCUT2D eigenvalue weighted by molar-refractivity contribution is -0.142. The summed E-state index contributed by atoms with van der Waals surface area (Å²) in [5.41, 5.74) is -2.77. The fourth-order valence-electron chi connectivity index (χ4n) is 0.863. The number of hydrogen-bond donors (Lipinski definition) is 0. The maximum Gasteiger partial charge on any atom is 0.434 e. The molecule has 84 valence electrons. The molecule has 0 bridgehead atoms. The molecule has 1 rings (SSSR count). The zero-order valence-electron chi connectivity index (χ0n) is 6.75. The van der Waals surface area contributed by atoms with E-state index >= 15 is 0 Å². The lowest BCUT2D eigenvalue weighted by atomic mass is 10.2. The molecule has 0 aromatic carbocycles. The summed E-state index contributed by atoms with van der Waals surface area (Å²) in [6.45, 7) is 0. The Hall–Kier alpha value is -0.790. The topological polar surface area (TPSA) is 12.9 Å². The van der Waals surface area contributed by atoms with Crippen molar-refractivity contribution in [1.82, 2.24) is 4.98 Å². The molecule has 0 fully saturated rings. The van der Waals surface area contributed by atoms with Crippen LogP contribution in [0.3, 0.4) is 0 Å². The molecule has 1 aromatic rings. The first-order valence-electron chi connectivity index (χ1n) is 3.44. The third-order valence-corrected chi connectivity index (χ3v) is 2.29. The second-order valence-corrected chi connectivity index (χ2v) is 3.29. The van der Waals surface area contributed by atoms with Crippen LogP contribution in [0.25, 0.3) is 0 Å². The van der Waals surface area contributed by atoms with E-state index in [2.05, 4.69) is 20.9 Å². The van der Waals surface area contributed by atoms with E-state index < -0.39 is 34.3 Å². The van der Waals surface area contributed by atoms with Crippen molar-refractivity contribution in [2.24, 2.45) is 0 Å². The predicted molar refractivity (Wildman–Crippen MR) is 41.9 cm³/mol. The van der Waals surface area contributed by atoms with Gasteiger partial charge in [-0.1, -0.05) is 0 Å². The fourth-order valence-corrected chi connectivity index (χ4v) is 1.46. The third-order valence-electron chi connectivity index (χ3n) is 1.46. The Kier molecular flexibility index (Phi) is 3.27. The van der Waals surface area contributed by atoms with Gasteiger partial charge in [-0.3, -0.25) is 0 Å². The molecule has 0 aliphatic heterocycles. The molecule has 0 atom stereocenters. The van der Waals surface area contributed by atoms with E-state index in [1.807, 2.05) is 0 Å². The summed E-state index contributed by atoms with van der Waals surface area (Å²) in [5, 5.41) is 0. The lowest BCUT2D eigenvalue weighted by Crippen LogP contribution is -2.12. The van der Waals surface area contributed by atoms with Crippen LogP contribution in [0.5, 0.6) is 0 Å². The third kappa shape index (κ3) is 2.61. The zero-order valence-corrected chi connectivity index (χ0v) is 8.33. The van der Waals surface area contributed by atoms with Gasteiger partial charge in [-0.25, -0.2) is 13.8 Å². The number of alkyl halides is 5. The van der Waals surface area contributed by atoms with E-state index in [-0.39, 0.29) is 6.07 Å². The van der Waals surface area contributed by atoms with Crippen LogP contribution in [0.15, 0.2) is 10.5 Å². The number of hydrogen-bond acceptors (Lipinski definition) is 1. The maximum atomic E-state index is 12.5. The molecule has 0 aliphatic carbocycles. The number of pyridine rings is 1. The molecule has 15 heavy (non-hydrogen) atoms. The molecule has 0 amide bonds. The van der Waals surface area contributed by atoms with Crippen molar-refractivity contribution in [2.75, 3.05) is 0 Å². The monoisotopic (exact) mass is 293 g/mol. The Morgan fingerprint density at radius 3 is 2.20 bits per heavy atom. The molecule has 0 spiro atoms. The van der Waals surface area contributed by atoms with E-state index in [0.29, 0.717) is 0 Å². The maximum absolute atomic E-state index is 12.5. The highest BCUT2D eigenvalue weighted by molar-refractivity contribution is 9.10. The van der Waals surface area contributed by atoms with E-state index in [0.717, 1.165) is 0 Å². The summed E-state index contributed by atoms with van der Waals surface area (Å²) in [5.74, 6) is -1.60. The molecule has 0 saturated carbocycles. The summed E-state index contributed by atoms with van der Waals surface area (Å²) >= 11 is 2.32. The minimum absolute atomic E-state index is 0.254. The minimum atomic E-state index is -4.98. The van der Waals surface area contributed by atoms with E-state index in [4.69, 9.17) is 0 Å². The van der Waals surface area contributed by atoms with Crippen LogP contribution >= 0.6 is 15.9 Å². The van der Waals surface area contributed by atoms with E-state index in [1.165, 1.54) is 0 Å². The van der Waals surface area contributed by atoms with Gasteiger partial charge in [0.05, 0.1) is 4.47 Å². The standard InChI is InChI=1S/C7H2BrF6N/c8-4-2(6(10)11)1-3(9)15-5(4)7(12,13)14/h1,6H. The number of rotatable bonds is 1. The molecule has 1 heterocycles. The van der Waals surface area contributed by atoms with Gasteiger partial charge in [0.2, 0.25) is 5.95 Å². The average molecular weight is 294 g/mol. The number of nitrogens with zero attached hydrogens (tertiary/aromatic N) is 1. The average Bonchev–Trinajstić information content (AvgIpc) is 2.06. The van der Waals surface area contributed by atoms with Crippen LogP contribution in [0.4, 0.5) is 26.3 Å². The van der Waals surface area contributed by atoms with Crippen LogP contribution in [-0.2, 0) is 6.18 Å². The number of aromatic nitrogens is 1. The van der Waals surface area contributed by atoms with Gasteiger partial charge in [0, 0.05) is 11.6 Å². The minimum Gasteiger partial charge on any atom is -0.214 e. The van der Waals surface area contributed by atoms with Gasteiger partial charge in [0.1, 0.15) is 0 Å². The molecule has 0 unspecified atom stereocenters. The van der Waals surface area contributed by atoms with E-state index in [1.54, 1.807) is 0 Å². The van der Waals surface area contributed by atoms with Crippen molar-refractivity contribution in [3.8, 4) is 0 Å². The Labute approximate surface area is 88.2 Å². The quantitative estimate of drug-likeness (QED) is 0.564. The molecule has 0 aliphatic rings. The SMILES string of the molecule is Fc1cc(C(F)F)c(Br)c(C(F)(F)F)n1. The van der Waals surface area contributed by atoms with E-state index in [9.17, 15) is 26.3 Å². The molecule has 0 radical (unpaired) electrons. The van der Waals surface area contributed by atoms with Crippen molar-refractivity contribution in [3.63, 3.8) is 0 Å². The first-order valence-corrected chi connectivity index (χ1v) is 4.24. The van der Waals surface area contributed by atoms with Gasteiger partial charge >= 0.3 is 6.18 Å². The Morgan fingerprint density at radius 2 is 1.80 bits per heavy atom. The van der Waals surface area contributed by atoms with Crippen LogP contribution < -0.4 is 0 Å². The van der Waals surface area contributed by atoms with Gasteiger partial charge in [-0.05, 0) is 15.9 Å². The zero-order chi connectivity index (χ0) is 11.8. The molecular formula is C7H2BrF6N. The molecule has 1 nitrogen and oxygen atoms in total. The van der Waals surface area contributed by atoms with Crippen LogP contribution in [0.1, 0.15) is 17.7 Å². The second kappa shape index (κ2) is 3.99. The van der Waals surface area contributed by atoms with Gasteiger partial charge in [0.25, 0.3) is 6.43 Å². The van der Waals surface area contributed by atoms with Gasteiger partial charge < -0.3 is 0 Å². The Balaban J connectivity index is 3.42. The summed E-state index contributed by atoms with van der Waals surface area (Å²) in [6.07, 6.45) is -8.19. The Morgan fingerprint density at radius 1 is 1.27 bits per heavy atom. The molecule has 8 heteroatoms. The van der Waals surface area contributed by atoms with Crippen molar-refractivity contribution >= 4 is 15.9 Å². The van der Waals surface area contributed by atoms with Crippen molar-refractivity contribution in [3.05, 3.63) is 27.7 Å². The van der Waals surface area contributed by atoms with Gasteiger partial charge in [0.15, 0.2) is 5.69 Å². The molecule has 0 saturated heterocycles. The fraction of sp³-hybridized carbons (Fsp3) is 0.286. The lowest BCUT2D eigenvalue weighted by Gasteiger charge is -2.11. The highest BCUT2D eigenvalue weighted by Gasteiger charge is 2.37. The van der Waals surface area contributed by atoms with Gasteiger partial charge in [-0.15, -0.1) is 0 Å². The summed E-state index contributed by atoms with van der Waals surface area (Å²) < 4.78 is 72.5. The first-order chi connectivity index (χ1) is 6.73. The largest absolute Gasteiger partial charge is 0.434 e. The van der Waals surface area contributed by atoms with Crippen LogP contribution in [0, 0.1) is 5.95 Å². The highest BCUT2D eigenvalue weighted by atomic mass is 79.9. The summed E-state index contributed by atoms with van der Waals surface area (Å²) in [6, 6.07) is 0.254. The smallest absolute Gasteiger partial charge is 0.214 e. The predicted octanol–water partition coefficient (Wildman–Crippen LogP) is 3.94. The normalized spacial score (nSPS) is 12.3. The van der Waals surface area contributed by atoms with Crippen molar-refractivity contribution in [2.45, 2.75) is 12.6 Å². The molecular weight excluding hydrogens is 292 g/mol. The second-order valence-electron chi connectivity index (χ2n) is 2.50. The number of halogens is 7. The van der Waals surface area contributed by atoms with Crippen molar-refractivity contribution < 1.29 is 26.3 Å². The van der Waals surface area contributed by atoms with Crippen LogP contribution in [0.2, 0.25) is 0 Å². The highest BCUT2D eigenvalue weighted by Crippen LogP contribution is 2.38. The van der Waals surface area contributed by atoms with Crippen LogP contribution in [-0.4, -0.2) is 4.98 Å². The summed E-state index contributed by atoms with van der Waals surface area (Å²) in [4.78, 5) is 2.52. The summed E-state index contributed by atoms with van der Waals surface area (Å²) in [7, 11) is 0. The first kappa shape index (κ1) is 12.3. The van der Waals surface area contributed by atoms with Crippen molar-refractivity contribution in [1.29, 1.82) is 0 Å². The Bertz CT molecular complexity index is 374. The molecule has 0 N–H and O–H groups in total. The molecule has 1 aromatic heterocycles. The van der Waals surface area contributed by atoms with Gasteiger partial charge in [-0.2, -0.15) is 17.6 Å².